The van der Waals surface area contributed by atoms with E-state index in [1.807, 2.05) is 0 Å². The van der Waals surface area contributed by atoms with Gasteiger partial charge < -0.3 is 20.1 Å². The SMILES string of the molecule is OCCOC(Cc1ccccc1)C1CNCCC1N1CCc2ccccc21. The van der Waals surface area contributed by atoms with Crippen LogP contribution < -0.4 is 10.2 Å². The number of nitrogens with zero attached hydrogens (tertiary/aromatic N) is 1. The number of aliphatic hydroxyl groups excluding tert-OH is 1. The van der Waals surface area contributed by atoms with E-state index in [4.69, 9.17) is 4.74 Å². The van der Waals surface area contributed by atoms with Crippen molar-refractivity contribution >= 4 is 5.69 Å². The van der Waals surface area contributed by atoms with Crippen LogP contribution in [-0.2, 0) is 17.6 Å². The van der Waals surface area contributed by atoms with Gasteiger partial charge in [0.15, 0.2) is 0 Å². The van der Waals surface area contributed by atoms with E-state index in [1.165, 1.54) is 16.8 Å². The van der Waals surface area contributed by atoms with Gasteiger partial charge in [-0.05, 0) is 43.0 Å². The van der Waals surface area contributed by atoms with Gasteiger partial charge in [-0.15, -0.1) is 0 Å². The predicted molar refractivity (Wildman–Crippen MR) is 109 cm³/mol. The number of rotatable bonds is 7. The molecule has 3 unspecified atom stereocenters. The van der Waals surface area contributed by atoms with Crippen molar-refractivity contribution in [1.29, 1.82) is 0 Å². The maximum absolute atomic E-state index is 9.34. The van der Waals surface area contributed by atoms with Crippen LogP contribution in [0.25, 0.3) is 0 Å². The van der Waals surface area contributed by atoms with Crippen LogP contribution in [0.3, 0.4) is 0 Å². The summed E-state index contributed by atoms with van der Waals surface area (Å²) in [6.07, 6.45) is 3.25. The summed E-state index contributed by atoms with van der Waals surface area (Å²) in [5.41, 5.74) is 4.16. The Morgan fingerprint density at radius 1 is 1.11 bits per heavy atom. The average Bonchev–Trinajstić information content (AvgIpc) is 3.16. The summed E-state index contributed by atoms with van der Waals surface area (Å²) in [6.45, 7) is 3.59. The highest BCUT2D eigenvalue weighted by molar-refractivity contribution is 5.58. The van der Waals surface area contributed by atoms with Crippen molar-refractivity contribution in [2.45, 2.75) is 31.4 Å². The van der Waals surface area contributed by atoms with Crippen LogP contribution in [0.2, 0.25) is 0 Å². The van der Waals surface area contributed by atoms with Gasteiger partial charge in [0.25, 0.3) is 0 Å². The minimum absolute atomic E-state index is 0.0721. The molecule has 0 saturated carbocycles. The lowest BCUT2D eigenvalue weighted by molar-refractivity contribution is -0.0170. The van der Waals surface area contributed by atoms with Gasteiger partial charge in [0, 0.05) is 30.7 Å². The zero-order chi connectivity index (χ0) is 18.5. The Morgan fingerprint density at radius 2 is 1.93 bits per heavy atom. The van der Waals surface area contributed by atoms with E-state index in [0.29, 0.717) is 18.6 Å². The molecule has 2 aromatic rings. The number of fused-ring (bicyclic) bond motifs is 1. The lowest BCUT2D eigenvalue weighted by Gasteiger charge is -2.43. The van der Waals surface area contributed by atoms with Crippen LogP contribution in [0.5, 0.6) is 0 Å². The summed E-state index contributed by atoms with van der Waals surface area (Å²) in [4.78, 5) is 2.61. The highest BCUT2D eigenvalue weighted by Gasteiger charge is 2.38. The predicted octanol–water partition coefficient (Wildman–Crippen LogP) is 2.65. The maximum Gasteiger partial charge on any atom is 0.0701 e. The summed E-state index contributed by atoms with van der Waals surface area (Å²) in [6, 6.07) is 19.9. The number of piperidine rings is 1. The number of aliphatic hydroxyl groups is 1. The lowest BCUT2D eigenvalue weighted by Crippen LogP contribution is -2.54. The number of nitrogens with one attached hydrogen (secondary N) is 1. The molecular weight excluding hydrogens is 336 g/mol. The second kappa shape index (κ2) is 8.87. The van der Waals surface area contributed by atoms with Crippen molar-refractivity contribution in [2.24, 2.45) is 5.92 Å². The molecule has 0 aliphatic carbocycles. The lowest BCUT2D eigenvalue weighted by atomic mass is 9.84. The van der Waals surface area contributed by atoms with Crippen molar-refractivity contribution in [3.63, 3.8) is 0 Å². The van der Waals surface area contributed by atoms with Crippen LogP contribution >= 0.6 is 0 Å². The largest absolute Gasteiger partial charge is 0.394 e. The molecule has 2 aliphatic rings. The molecule has 0 bridgehead atoms. The molecule has 27 heavy (non-hydrogen) atoms. The first-order chi connectivity index (χ1) is 13.4. The zero-order valence-corrected chi connectivity index (χ0v) is 15.9. The van der Waals surface area contributed by atoms with Crippen LogP contribution in [-0.4, -0.2) is 50.1 Å². The quantitative estimate of drug-likeness (QED) is 0.791. The number of ether oxygens (including phenoxy) is 1. The Kier molecular flexibility index (Phi) is 6.07. The Labute approximate surface area is 162 Å². The third-order valence-electron chi connectivity index (χ3n) is 6.00. The maximum atomic E-state index is 9.34. The summed E-state index contributed by atoms with van der Waals surface area (Å²) in [5.74, 6) is 0.400. The third-order valence-corrected chi connectivity index (χ3v) is 6.00. The fraction of sp³-hybridized carbons (Fsp3) is 0.478. The molecule has 4 nitrogen and oxygen atoms in total. The summed E-state index contributed by atoms with van der Waals surface area (Å²) < 4.78 is 6.20. The summed E-state index contributed by atoms with van der Waals surface area (Å²) in [7, 11) is 0. The standard InChI is InChI=1S/C23H30N2O2/c26-14-15-27-23(16-18-6-2-1-3-7-18)20-17-24-12-10-22(20)25-13-11-19-8-4-5-9-21(19)25/h1-9,20,22-24,26H,10-17H2. The van der Waals surface area contributed by atoms with E-state index in [-0.39, 0.29) is 12.7 Å². The molecule has 144 valence electrons. The first-order valence-electron chi connectivity index (χ1n) is 10.2. The highest BCUT2D eigenvalue weighted by atomic mass is 16.5. The zero-order valence-electron chi connectivity index (χ0n) is 15.9. The first kappa shape index (κ1) is 18.5. The van der Waals surface area contributed by atoms with Crippen LogP contribution in [0, 0.1) is 5.92 Å². The van der Waals surface area contributed by atoms with Crippen molar-refractivity contribution in [3.05, 3.63) is 65.7 Å². The average molecular weight is 367 g/mol. The summed E-state index contributed by atoms with van der Waals surface area (Å²) in [5, 5.41) is 12.9. The van der Waals surface area contributed by atoms with E-state index >= 15 is 0 Å². The highest BCUT2D eigenvalue weighted by Crippen LogP contribution is 2.35. The van der Waals surface area contributed by atoms with E-state index in [9.17, 15) is 5.11 Å². The van der Waals surface area contributed by atoms with Gasteiger partial charge in [0.1, 0.15) is 0 Å². The molecule has 3 atom stereocenters. The molecule has 0 aromatic heterocycles. The van der Waals surface area contributed by atoms with Crippen molar-refractivity contribution in [2.75, 3.05) is 37.7 Å². The number of benzene rings is 2. The van der Waals surface area contributed by atoms with Gasteiger partial charge in [-0.1, -0.05) is 48.5 Å². The minimum atomic E-state index is 0.0721. The van der Waals surface area contributed by atoms with Crippen molar-refractivity contribution in [3.8, 4) is 0 Å². The molecule has 2 N–H and O–H groups in total. The topological polar surface area (TPSA) is 44.7 Å². The Bertz CT molecular complexity index is 721. The van der Waals surface area contributed by atoms with E-state index < -0.39 is 0 Å². The molecule has 0 spiro atoms. The number of para-hydroxylation sites is 1. The smallest absolute Gasteiger partial charge is 0.0701 e. The van der Waals surface area contributed by atoms with E-state index in [0.717, 1.165) is 38.9 Å². The Balaban J connectivity index is 1.57. The van der Waals surface area contributed by atoms with Crippen molar-refractivity contribution in [1.82, 2.24) is 5.32 Å². The normalized spacial score (nSPS) is 23.2. The van der Waals surface area contributed by atoms with Gasteiger partial charge in [-0.2, -0.15) is 0 Å². The molecule has 1 saturated heterocycles. The summed E-state index contributed by atoms with van der Waals surface area (Å²) >= 11 is 0. The van der Waals surface area contributed by atoms with Gasteiger partial charge in [0.2, 0.25) is 0 Å². The monoisotopic (exact) mass is 366 g/mol. The van der Waals surface area contributed by atoms with Crippen LogP contribution in [0.15, 0.2) is 54.6 Å². The van der Waals surface area contributed by atoms with Crippen LogP contribution in [0.1, 0.15) is 17.5 Å². The number of hydrogen-bond acceptors (Lipinski definition) is 4. The number of anilines is 1. The molecule has 2 aliphatic heterocycles. The van der Waals surface area contributed by atoms with Gasteiger partial charge in [0.05, 0.1) is 19.3 Å². The Hall–Kier alpha value is -1.88. The molecular formula is C23H30N2O2. The first-order valence-corrected chi connectivity index (χ1v) is 10.2. The second-order valence-corrected chi connectivity index (χ2v) is 7.62. The Morgan fingerprint density at radius 3 is 2.78 bits per heavy atom. The molecule has 4 rings (SSSR count). The molecule has 1 fully saturated rings. The van der Waals surface area contributed by atoms with Crippen LogP contribution in [0.4, 0.5) is 5.69 Å². The molecule has 0 amide bonds. The minimum Gasteiger partial charge on any atom is -0.394 e. The van der Waals surface area contributed by atoms with Crippen molar-refractivity contribution < 1.29 is 9.84 Å². The molecule has 2 heterocycles. The van der Waals surface area contributed by atoms with Gasteiger partial charge in [-0.25, -0.2) is 0 Å². The molecule has 2 aromatic carbocycles. The third kappa shape index (κ3) is 4.18. The van der Waals surface area contributed by atoms with Gasteiger partial charge >= 0.3 is 0 Å². The number of hydrogen-bond donors (Lipinski definition) is 2. The fourth-order valence-electron chi connectivity index (χ4n) is 4.73. The van der Waals surface area contributed by atoms with E-state index in [1.54, 1.807) is 0 Å². The van der Waals surface area contributed by atoms with Gasteiger partial charge in [-0.3, -0.25) is 0 Å². The molecule has 4 heteroatoms. The fourth-order valence-corrected chi connectivity index (χ4v) is 4.73. The molecule has 0 radical (unpaired) electrons. The second-order valence-electron chi connectivity index (χ2n) is 7.62. The van der Waals surface area contributed by atoms with E-state index in [2.05, 4.69) is 64.8 Å².